The monoisotopic (exact) mass is 293 g/mol. The predicted molar refractivity (Wildman–Crippen MR) is 76.2 cm³/mol. The van der Waals surface area contributed by atoms with Crippen molar-refractivity contribution in [1.29, 1.82) is 0 Å². The largest absolute Gasteiger partial charge is 0.465 e. The van der Waals surface area contributed by atoms with Gasteiger partial charge < -0.3 is 9.64 Å². The van der Waals surface area contributed by atoms with Gasteiger partial charge in [-0.3, -0.25) is 14.0 Å². The molecule has 3 atom stereocenters. The highest BCUT2D eigenvalue weighted by atomic mass is 19.1. The van der Waals surface area contributed by atoms with E-state index in [0.29, 0.717) is 0 Å². The Morgan fingerprint density at radius 3 is 2.67 bits per heavy atom. The first-order chi connectivity index (χ1) is 10.1. The summed E-state index contributed by atoms with van der Waals surface area (Å²) in [6.45, 7) is 3.29. The van der Waals surface area contributed by atoms with E-state index >= 15 is 0 Å². The van der Waals surface area contributed by atoms with Gasteiger partial charge in [-0.15, -0.1) is 0 Å². The molecule has 4 nitrogen and oxygen atoms in total. The number of rotatable bonds is 5. The zero-order valence-corrected chi connectivity index (χ0v) is 12.3. The SMILES string of the molecule is CCOC(=O)C1C(=O)N(C(C)c2ccccc2)CC1CF. The Kier molecular flexibility index (Phi) is 4.94. The summed E-state index contributed by atoms with van der Waals surface area (Å²) in [4.78, 5) is 25.9. The lowest BCUT2D eigenvalue weighted by Crippen LogP contribution is -2.33. The second-order valence-electron chi connectivity index (χ2n) is 5.22. The summed E-state index contributed by atoms with van der Waals surface area (Å²) in [5, 5.41) is 0. The third-order valence-electron chi connectivity index (χ3n) is 3.94. The van der Waals surface area contributed by atoms with Crippen LogP contribution in [0.5, 0.6) is 0 Å². The molecule has 0 aliphatic carbocycles. The molecule has 1 fully saturated rings. The van der Waals surface area contributed by atoms with Crippen LogP contribution in [0, 0.1) is 11.8 Å². The van der Waals surface area contributed by atoms with Crippen molar-refractivity contribution in [2.24, 2.45) is 11.8 Å². The third kappa shape index (κ3) is 3.06. The van der Waals surface area contributed by atoms with Crippen LogP contribution < -0.4 is 0 Å². The summed E-state index contributed by atoms with van der Waals surface area (Å²) in [6, 6.07) is 9.32. The first-order valence-corrected chi connectivity index (χ1v) is 7.18. The van der Waals surface area contributed by atoms with Gasteiger partial charge in [0.1, 0.15) is 5.92 Å². The number of hydrogen-bond donors (Lipinski definition) is 0. The van der Waals surface area contributed by atoms with E-state index in [0.717, 1.165) is 5.56 Å². The highest BCUT2D eigenvalue weighted by Crippen LogP contribution is 2.33. The number of amides is 1. The molecule has 0 radical (unpaired) electrons. The number of carbonyl (C=O) groups is 2. The fourth-order valence-corrected chi connectivity index (χ4v) is 2.75. The van der Waals surface area contributed by atoms with E-state index in [2.05, 4.69) is 0 Å². The van der Waals surface area contributed by atoms with Crippen molar-refractivity contribution in [2.45, 2.75) is 19.9 Å². The van der Waals surface area contributed by atoms with E-state index in [1.807, 2.05) is 37.3 Å². The second-order valence-corrected chi connectivity index (χ2v) is 5.22. The van der Waals surface area contributed by atoms with Crippen LogP contribution >= 0.6 is 0 Å². The smallest absolute Gasteiger partial charge is 0.318 e. The van der Waals surface area contributed by atoms with Gasteiger partial charge in [0, 0.05) is 12.5 Å². The van der Waals surface area contributed by atoms with Crippen LogP contribution in [0.4, 0.5) is 4.39 Å². The number of esters is 1. The number of likely N-dealkylation sites (tertiary alicyclic amines) is 1. The van der Waals surface area contributed by atoms with Crippen molar-refractivity contribution in [3.8, 4) is 0 Å². The Labute approximate surface area is 123 Å². The zero-order chi connectivity index (χ0) is 15.4. The summed E-state index contributed by atoms with van der Waals surface area (Å²) in [5.74, 6) is -2.59. The van der Waals surface area contributed by atoms with Crippen LogP contribution in [0.1, 0.15) is 25.5 Å². The van der Waals surface area contributed by atoms with Crippen molar-refractivity contribution in [2.75, 3.05) is 19.8 Å². The lowest BCUT2D eigenvalue weighted by Gasteiger charge is -2.25. The number of alkyl halides is 1. The first kappa shape index (κ1) is 15.5. The van der Waals surface area contributed by atoms with Crippen LogP contribution in [0.25, 0.3) is 0 Å². The van der Waals surface area contributed by atoms with Crippen LogP contribution in [0.3, 0.4) is 0 Å². The fourth-order valence-electron chi connectivity index (χ4n) is 2.75. The molecule has 0 bridgehead atoms. The molecule has 114 valence electrons. The van der Waals surface area contributed by atoms with Crippen molar-refractivity contribution >= 4 is 11.9 Å². The number of benzene rings is 1. The molecular formula is C16H20FNO3. The van der Waals surface area contributed by atoms with Crippen LogP contribution in [-0.4, -0.2) is 36.6 Å². The number of nitrogens with zero attached hydrogens (tertiary/aromatic N) is 1. The van der Waals surface area contributed by atoms with Crippen molar-refractivity contribution in [3.05, 3.63) is 35.9 Å². The van der Waals surface area contributed by atoms with Crippen molar-refractivity contribution < 1.29 is 18.7 Å². The van der Waals surface area contributed by atoms with Gasteiger partial charge in [0.15, 0.2) is 0 Å². The van der Waals surface area contributed by atoms with E-state index in [1.54, 1.807) is 11.8 Å². The average Bonchev–Trinajstić information content (AvgIpc) is 2.84. The molecule has 3 unspecified atom stereocenters. The quantitative estimate of drug-likeness (QED) is 0.618. The maximum Gasteiger partial charge on any atom is 0.318 e. The summed E-state index contributed by atoms with van der Waals surface area (Å²) in [7, 11) is 0. The number of halogens is 1. The zero-order valence-electron chi connectivity index (χ0n) is 12.3. The molecule has 1 aromatic rings. The molecular weight excluding hydrogens is 273 g/mol. The summed E-state index contributed by atoms with van der Waals surface area (Å²) in [5.41, 5.74) is 0.966. The molecule has 2 rings (SSSR count). The molecule has 1 saturated heterocycles. The molecule has 21 heavy (non-hydrogen) atoms. The van der Waals surface area contributed by atoms with Gasteiger partial charge >= 0.3 is 5.97 Å². The van der Waals surface area contributed by atoms with Gasteiger partial charge in [-0.1, -0.05) is 30.3 Å². The van der Waals surface area contributed by atoms with Gasteiger partial charge in [0.05, 0.1) is 19.3 Å². The lowest BCUT2D eigenvalue weighted by molar-refractivity contribution is -0.154. The van der Waals surface area contributed by atoms with Crippen molar-refractivity contribution in [1.82, 2.24) is 4.90 Å². The summed E-state index contributed by atoms with van der Waals surface area (Å²) < 4.78 is 18.1. The highest BCUT2D eigenvalue weighted by Gasteiger charge is 2.47. The Morgan fingerprint density at radius 1 is 1.43 bits per heavy atom. The Hall–Kier alpha value is -1.91. The van der Waals surface area contributed by atoms with E-state index < -0.39 is 24.5 Å². The number of hydrogen-bond acceptors (Lipinski definition) is 3. The number of ether oxygens (including phenoxy) is 1. The molecule has 1 amide bonds. The standard InChI is InChI=1S/C16H20FNO3/c1-3-21-16(20)14-13(9-17)10-18(15(14)19)11(2)12-7-5-4-6-8-12/h4-8,11,13-14H,3,9-10H2,1-2H3. The molecule has 1 aromatic carbocycles. The van der Waals surface area contributed by atoms with Gasteiger partial charge in [-0.05, 0) is 19.4 Å². The molecule has 1 aliphatic rings. The van der Waals surface area contributed by atoms with Crippen LogP contribution in [-0.2, 0) is 14.3 Å². The van der Waals surface area contributed by atoms with Crippen LogP contribution in [0.15, 0.2) is 30.3 Å². The number of carbonyl (C=O) groups excluding carboxylic acids is 2. The maximum atomic E-state index is 13.2. The molecule has 0 aromatic heterocycles. The molecule has 0 spiro atoms. The Balaban J connectivity index is 2.19. The normalized spacial score (nSPS) is 23.2. The van der Waals surface area contributed by atoms with E-state index in [9.17, 15) is 14.0 Å². The molecule has 1 heterocycles. The third-order valence-corrected chi connectivity index (χ3v) is 3.94. The van der Waals surface area contributed by atoms with Gasteiger partial charge in [-0.2, -0.15) is 0 Å². The molecule has 1 aliphatic heterocycles. The molecule has 5 heteroatoms. The van der Waals surface area contributed by atoms with E-state index in [-0.39, 0.29) is 25.1 Å². The molecule has 0 saturated carbocycles. The molecule has 0 N–H and O–H groups in total. The first-order valence-electron chi connectivity index (χ1n) is 7.18. The second kappa shape index (κ2) is 6.70. The summed E-state index contributed by atoms with van der Waals surface area (Å²) >= 11 is 0. The average molecular weight is 293 g/mol. The summed E-state index contributed by atoms with van der Waals surface area (Å²) in [6.07, 6.45) is 0. The van der Waals surface area contributed by atoms with Crippen LogP contribution in [0.2, 0.25) is 0 Å². The van der Waals surface area contributed by atoms with Gasteiger partial charge in [-0.25, -0.2) is 0 Å². The van der Waals surface area contributed by atoms with E-state index in [1.165, 1.54) is 0 Å². The minimum Gasteiger partial charge on any atom is -0.465 e. The van der Waals surface area contributed by atoms with E-state index in [4.69, 9.17) is 4.74 Å². The van der Waals surface area contributed by atoms with Gasteiger partial charge in [0.25, 0.3) is 0 Å². The Bertz CT molecular complexity index is 506. The Morgan fingerprint density at radius 2 is 2.10 bits per heavy atom. The minimum absolute atomic E-state index is 0.188. The maximum absolute atomic E-state index is 13.2. The fraction of sp³-hybridized carbons (Fsp3) is 0.500. The topological polar surface area (TPSA) is 46.6 Å². The predicted octanol–water partition coefficient (Wildman–Crippen LogP) is 2.35. The minimum atomic E-state index is -1.01. The lowest BCUT2D eigenvalue weighted by atomic mass is 9.97. The van der Waals surface area contributed by atoms with Crippen molar-refractivity contribution in [3.63, 3.8) is 0 Å². The highest BCUT2D eigenvalue weighted by molar-refractivity contribution is 6.00. The van der Waals surface area contributed by atoms with Gasteiger partial charge in [0.2, 0.25) is 5.91 Å².